The van der Waals surface area contributed by atoms with E-state index in [0.29, 0.717) is 24.9 Å². The predicted molar refractivity (Wildman–Crippen MR) is 44.9 cm³/mol. The number of aliphatic hydroxyl groups is 1. The molecule has 12 heavy (non-hydrogen) atoms. The summed E-state index contributed by atoms with van der Waals surface area (Å²) in [4.78, 5) is 12.9. The Labute approximate surface area is 76.3 Å². The molecule has 3 rings (SSSR count). The number of piperidine rings is 2. The molecule has 1 N–H and O–H groups in total. The van der Waals surface area contributed by atoms with Crippen LogP contribution >= 0.6 is 11.6 Å². The second kappa shape index (κ2) is 2.89. The number of hydrogen-bond acceptors (Lipinski definition) is 2. The lowest BCUT2D eigenvalue weighted by Crippen LogP contribution is -2.59. The van der Waals surface area contributed by atoms with Crippen LogP contribution in [0.15, 0.2) is 0 Å². The molecule has 2 atom stereocenters. The average Bonchev–Trinajstić information content (AvgIpc) is 2.16. The maximum absolute atomic E-state index is 11.2. The van der Waals surface area contributed by atoms with Crippen LogP contribution in [-0.2, 0) is 4.79 Å². The highest BCUT2D eigenvalue weighted by Crippen LogP contribution is 2.39. The number of fused-ring (bicyclic) bond motifs is 2. The zero-order valence-corrected chi connectivity index (χ0v) is 7.50. The lowest BCUT2D eigenvalue weighted by molar-refractivity contribution is -0.147. The molecule has 1 aliphatic carbocycles. The van der Waals surface area contributed by atoms with Gasteiger partial charge in [-0.2, -0.15) is 0 Å². The minimum absolute atomic E-state index is 0.00160. The number of nitrogens with zero attached hydrogens (tertiary/aromatic N) is 1. The van der Waals surface area contributed by atoms with E-state index in [1.54, 1.807) is 4.90 Å². The Bertz CT molecular complexity index is 197. The van der Waals surface area contributed by atoms with Crippen molar-refractivity contribution < 1.29 is 9.90 Å². The van der Waals surface area contributed by atoms with E-state index in [-0.39, 0.29) is 17.9 Å². The molecule has 3 nitrogen and oxygen atoms in total. The summed E-state index contributed by atoms with van der Waals surface area (Å²) < 4.78 is 0. The lowest BCUT2D eigenvalue weighted by atomic mass is 9.68. The highest BCUT2D eigenvalue weighted by Gasteiger charge is 2.46. The quantitative estimate of drug-likeness (QED) is 0.593. The third-order valence-corrected chi connectivity index (χ3v) is 3.18. The van der Waals surface area contributed by atoms with Crippen LogP contribution in [-0.4, -0.2) is 41.0 Å². The number of alkyl halides is 1. The molecule has 4 heteroatoms. The molecular formula is C8H12ClNO2. The Kier molecular flexibility index (Phi) is 2.00. The van der Waals surface area contributed by atoms with E-state index >= 15 is 0 Å². The molecule has 68 valence electrons. The molecule has 3 fully saturated rings. The number of rotatable bonds is 1. The van der Waals surface area contributed by atoms with Crippen LogP contribution in [0.5, 0.6) is 0 Å². The van der Waals surface area contributed by atoms with Gasteiger partial charge in [0, 0.05) is 24.9 Å². The fraction of sp³-hybridized carbons (Fsp3) is 0.875. The van der Waals surface area contributed by atoms with Gasteiger partial charge >= 0.3 is 0 Å². The van der Waals surface area contributed by atoms with Crippen LogP contribution < -0.4 is 0 Å². The number of hydrogen-bond donors (Lipinski definition) is 1. The van der Waals surface area contributed by atoms with Crippen molar-refractivity contribution in [2.75, 3.05) is 19.0 Å². The number of aliphatic hydroxyl groups excluding tert-OH is 1. The Morgan fingerprint density at radius 3 is 2.50 bits per heavy atom. The minimum Gasteiger partial charge on any atom is -0.392 e. The molecule has 2 saturated heterocycles. The second-order valence-corrected chi connectivity index (χ2v) is 3.95. The first-order valence-electron chi connectivity index (χ1n) is 4.24. The number of halogens is 1. The smallest absolute Gasteiger partial charge is 0.237 e. The van der Waals surface area contributed by atoms with Crippen molar-refractivity contribution in [1.29, 1.82) is 0 Å². The van der Waals surface area contributed by atoms with Gasteiger partial charge < -0.3 is 10.0 Å². The molecule has 2 bridgehead atoms. The van der Waals surface area contributed by atoms with Crippen molar-refractivity contribution in [3.8, 4) is 0 Å². The van der Waals surface area contributed by atoms with Crippen molar-refractivity contribution in [2.45, 2.75) is 12.5 Å². The maximum Gasteiger partial charge on any atom is 0.237 e. The van der Waals surface area contributed by atoms with E-state index in [0.717, 1.165) is 6.42 Å². The van der Waals surface area contributed by atoms with E-state index in [4.69, 9.17) is 11.6 Å². The van der Waals surface area contributed by atoms with Crippen LogP contribution in [0.2, 0.25) is 0 Å². The number of amides is 1. The fourth-order valence-electron chi connectivity index (χ4n) is 2.15. The Morgan fingerprint density at radius 1 is 1.50 bits per heavy atom. The minimum atomic E-state index is -0.163. The van der Waals surface area contributed by atoms with E-state index in [9.17, 15) is 9.90 Å². The third kappa shape index (κ3) is 1.12. The highest BCUT2D eigenvalue weighted by molar-refractivity contribution is 6.27. The van der Waals surface area contributed by atoms with Crippen LogP contribution in [0.1, 0.15) is 6.42 Å². The molecule has 0 radical (unpaired) electrons. The SMILES string of the molecule is O=C(CCl)N1CC2CC(C1)C2O. The fourth-order valence-corrected chi connectivity index (χ4v) is 2.32. The predicted octanol–water partition coefficient (Wildman–Crippen LogP) is 0.0644. The largest absolute Gasteiger partial charge is 0.392 e. The Hall–Kier alpha value is -0.280. The second-order valence-electron chi connectivity index (χ2n) is 3.68. The van der Waals surface area contributed by atoms with Crippen molar-refractivity contribution >= 4 is 17.5 Å². The number of carbonyl (C=O) groups is 1. The van der Waals surface area contributed by atoms with E-state index in [1.165, 1.54) is 0 Å². The van der Waals surface area contributed by atoms with Gasteiger partial charge in [-0.15, -0.1) is 11.6 Å². The topological polar surface area (TPSA) is 40.5 Å². The lowest BCUT2D eigenvalue weighted by Gasteiger charge is -2.50. The van der Waals surface area contributed by atoms with Crippen LogP contribution in [0, 0.1) is 11.8 Å². The van der Waals surface area contributed by atoms with Crippen LogP contribution in [0.25, 0.3) is 0 Å². The first-order valence-corrected chi connectivity index (χ1v) is 4.77. The van der Waals surface area contributed by atoms with Gasteiger partial charge in [0.1, 0.15) is 5.88 Å². The van der Waals surface area contributed by atoms with Gasteiger partial charge in [0.2, 0.25) is 5.91 Å². The molecule has 2 heterocycles. The van der Waals surface area contributed by atoms with Crippen molar-refractivity contribution in [3.05, 3.63) is 0 Å². The van der Waals surface area contributed by atoms with Gasteiger partial charge in [-0.05, 0) is 6.42 Å². The molecule has 0 spiro atoms. The summed E-state index contributed by atoms with van der Waals surface area (Å²) in [6.45, 7) is 1.40. The van der Waals surface area contributed by atoms with Crippen LogP contribution in [0.3, 0.4) is 0 Å². The monoisotopic (exact) mass is 189 g/mol. The summed E-state index contributed by atoms with van der Waals surface area (Å²) in [6.07, 6.45) is 0.914. The van der Waals surface area contributed by atoms with Gasteiger partial charge in [0.25, 0.3) is 0 Å². The first-order chi connectivity index (χ1) is 5.72. The first kappa shape index (κ1) is 8.32. The summed E-state index contributed by atoms with van der Waals surface area (Å²) in [7, 11) is 0. The van der Waals surface area contributed by atoms with Gasteiger partial charge in [0.15, 0.2) is 0 Å². The van der Waals surface area contributed by atoms with Gasteiger partial charge in [-0.3, -0.25) is 4.79 Å². The Balaban J connectivity index is 1.94. The highest BCUT2D eigenvalue weighted by atomic mass is 35.5. The van der Waals surface area contributed by atoms with Crippen molar-refractivity contribution in [3.63, 3.8) is 0 Å². The van der Waals surface area contributed by atoms with Crippen molar-refractivity contribution in [2.24, 2.45) is 11.8 Å². The summed E-state index contributed by atoms with van der Waals surface area (Å²) in [5, 5.41) is 9.43. The zero-order chi connectivity index (χ0) is 8.72. The van der Waals surface area contributed by atoms with Gasteiger partial charge in [0.05, 0.1) is 6.10 Å². The molecule has 0 aromatic rings. The van der Waals surface area contributed by atoms with Crippen LogP contribution in [0.4, 0.5) is 0 Å². The van der Waals surface area contributed by atoms with Crippen molar-refractivity contribution in [1.82, 2.24) is 4.90 Å². The standard InChI is InChI=1S/C8H12ClNO2/c9-2-7(11)10-3-5-1-6(4-10)8(5)12/h5-6,8,12H,1-4H2. The molecule has 2 aliphatic heterocycles. The average molecular weight is 190 g/mol. The third-order valence-electron chi connectivity index (χ3n) is 2.95. The Morgan fingerprint density at radius 2 is 2.08 bits per heavy atom. The van der Waals surface area contributed by atoms with E-state index in [1.807, 2.05) is 0 Å². The summed E-state index contributed by atoms with van der Waals surface area (Å²) in [5.41, 5.74) is 0. The van der Waals surface area contributed by atoms with Gasteiger partial charge in [-0.1, -0.05) is 0 Å². The van der Waals surface area contributed by atoms with Gasteiger partial charge in [-0.25, -0.2) is 0 Å². The summed E-state index contributed by atoms with van der Waals surface area (Å²) >= 11 is 5.43. The maximum atomic E-state index is 11.2. The molecular weight excluding hydrogens is 178 g/mol. The summed E-state index contributed by atoms with van der Waals surface area (Å²) in [5.74, 6) is 0.695. The number of carbonyl (C=O) groups excluding carboxylic acids is 1. The molecule has 3 aliphatic rings. The molecule has 0 aromatic heterocycles. The molecule has 1 saturated carbocycles. The molecule has 2 unspecified atom stereocenters. The summed E-state index contributed by atoms with van der Waals surface area (Å²) in [6, 6.07) is 0. The normalized spacial score (nSPS) is 39.2. The van der Waals surface area contributed by atoms with E-state index in [2.05, 4.69) is 0 Å². The zero-order valence-electron chi connectivity index (χ0n) is 6.74. The molecule has 0 aromatic carbocycles. The van der Waals surface area contributed by atoms with E-state index < -0.39 is 0 Å². The molecule has 1 amide bonds.